The zero-order valence-corrected chi connectivity index (χ0v) is 18.4. The van der Waals surface area contributed by atoms with Gasteiger partial charge in [-0.3, -0.25) is 4.98 Å². The van der Waals surface area contributed by atoms with E-state index in [4.69, 9.17) is 10.7 Å². The van der Waals surface area contributed by atoms with Crippen molar-refractivity contribution in [1.82, 2.24) is 15.2 Å². The minimum absolute atomic E-state index is 0.100. The molecule has 1 aromatic rings. The zero-order valence-electron chi connectivity index (χ0n) is 18.4. The molecule has 3 rings (SSSR count). The normalized spacial score (nSPS) is 24.5. The predicted octanol–water partition coefficient (Wildman–Crippen LogP) is 3.96. The smallest absolute Gasteiger partial charge is 0.0915 e. The molecule has 1 atom stereocenters. The SMILES string of the molecule is CC(C)(N)CCc1ccc(C2C=CN=CN2C2CC(C)(C)NC(C)(C)C2)cn1. The van der Waals surface area contributed by atoms with Gasteiger partial charge in [-0.05, 0) is 84.9 Å². The highest BCUT2D eigenvalue weighted by Crippen LogP contribution is 2.36. The summed E-state index contributed by atoms with van der Waals surface area (Å²) >= 11 is 0. The van der Waals surface area contributed by atoms with Gasteiger partial charge < -0.3 is 16.0 Å². The van der Waals surface area contributed by atoms with Crippen molar-refractivity contribution in [1.29, 1.82) is 0 Å². The summed E-state index contributed by atoms with van der Waals surface area (Å²) in [4.78, 5) is 11.6. The average molecular weight is 384 g/mol. The second-order valence-electron chi connectivity index (χ2n) is 10.5. The lowest BCUT2D eigenvalue weighted by molar-refractivity contribution is 0.0941. The van der Waals surface area contributed by atoms with E-state index in [1.165, 1.54) is 5.56 Å². The van der Waals surface area contributed by atoms with E-state index >= 15 is 0 Å². The fourth-order valence-corrected chi connectivity index (χ4v) is 4.71. The fraction of sp³-hybridized carbons (Fsp3) is 0.652. The Morgan fingerprint density at radius 1 is 1.18 bits per heavy atom. The van der Waals surface area contributed by atoms with Crippen LogP contribution in [0.25, 0.3) is 0 Å². The number of aliphatic imine (C=N–C) groups is 1. The monoisotopic (exact) mass is 383 g/mol. The summed E-state index contributed by atoms with van der Waals surface area (Å²) in [5.74, 6) is 0. The molecule has 154 valence electrons. The average Bonchev–Trinajstić information content (AvgIpc) is 2.57. The molecule has 1 saturated heterocycles. The summed E-state index contributed by atoms with van der Waals surface area (Å²) in [6, 6.07) is 4.97. The molecule has 0 bridgehead atoms. The Morgan fingerprint density at radius 3 is 2.43 bits per heavy atom. The van der Waals surface area contributed by atoms with E-state index in [9.17, 15) is 0 Å². The molecular formula is C23H37N5. The van der Waals surface area contributed by atoms with Crippen LogP contribution < -0.4 is 11.1 Å². The maximum atomic E-state index is 6.11. The van der Waals surface area contributed by atoms with Gasteiger partial charge in [-0.1, -0.05) is 6.07 Å². The van der Waals surface area contributed by atoms with Crippen LogP contribution in [0, 0.1) is 0 Å². The number of nitrogens with one attached hydrogen (secondary N) is 1. The standard InChI is InChI=1S/C23H37N5/c1-21(2,24)11-9-18-8-7-17(15-26-18)20-10-12-25-16-28(20)19-13-22(3,4)27-23(5,6)14-19/h7-8,10,12,15-16,19-20,27H,9,11,13-14,24H2,1-6H3. The molecule has 2 aliphatic rings. The molecule has 0 radical (unpaired) electrons. The molecule has 0 saturated carbocycles. The van der Waals surface area contributed by atoms with Crippen LogP contribution in [-0.2, 0) is 6.42 Å². The molecule has 3 heterocycles. The Kier molecular flexibility index (Phi) is 5.70. The first-order valence-electron chi connectivity index (χ1n) is 10.4. The summed E-state index contributed by atoms with van der Waals surface area (Å²) < 4.78 is 0. The first kappa shape index (κ1) is 21.0. The number of pyridine rings is 1. The van der Waals surface area contributed by atoms with Gasteiger partial charge in [0, 0.05) is 40.7 Å². The van der Waals surface area contributed by atoms with Crippen LogP contribution >= 0.6 is 0 Å². The van der Waals surface area contributed by atoms with Gasteiger partial charge in [0.15, 0.2) is 0 Å². The van der Waals surface area contributed by atoms with Gasteiger partial charge in [-0.15, -0.1) is 0 Å². The Labute approximate surface area is 170 Å². The number of piperidine rings is 1. The molecule has 5 nitrogen and oxygen atoms in total. The van der Waals surface area contributed by atoms with Gasteiger partial charge in [0.25, 0.3) is 0 Å². The molecule has 0 amide bonds. The molecule has 2 aliphatic heterocycles. The van der Waals surface area contributed by atoms with Gasteiger partial charge in [-0.25, -0.2) is 4.99 Å². The third kappa shape index (κ3) is 5.42. The molecule has 1 fully saturated rings. The van der Waals surface area contributed by atoms with E-state index in [0.29, 0.717) is 6.04 Å². The Morgan fingerprint density at radius 2 is 1.86 bits per heavy atom. The van der Waals surface area contributed by atoms with Gasteiger partial charge in [0.05, 0.1) is 12.4 Å². The first-order valence-corrected chi connectivity index (χ1v) is 10.4. The number of nitrogens with two attached hydrogens (primary N) is 1. The molecule has 1 aromatic heterocycles. The molecular weight excluding hydrogens is 346 g/mol. The summed E-state index contributed by atoms with van der Waals surface area (Å²) in [5, 5.41) is 3.78. The highest BCUT2D eigenvalue weighted by molar-refractivity contribution is 5.60. The van der Waals surface area contributed by atoms with Crippen molar-refractivity contribution in [2.24, 2.45) is 10.7 Å². The summed E-state index contributed by atoms with van der Waals surface area (Å²) in [6.45, 7) is 13.3. The van der Waals surface area contributed by atoms with E-state index in [-0.39, 0.29) is 22.7 Å². The molecule has 1 unspecified atom stereocenters. The summed E-state index contributed by atoms with van der Waals surface area (Å²) in [6.07, 6.45) is 12.1. The highest BCUT2D eigenvalue weighted by atomic mass is 15.2. The van der Waals surface area contributed by atoms with Gasteiger partial charge in [0.1, 0.15) is 0 Å². The van der Waals surface area contributed by atoms with Crippen molar-refractivity contribution >= 4 is 6.34 Å². The fourth-order valence-electron chi connectivity index (χ4n) is 4.71. The maximum Gasteiger partial charge on any atom is 0.0915 e. The van der Waals surface area contributed by atoms with E-state index in [1.54, 1.807) is 0 Å². The van der Waals surface area contributed by atoms with Crippen LogP contribution in [0.1, 0.15) is 78.1 Å². The number of hydrogen-bond donors (Lipinski definition) is 2. The lowest BCUT2D eigenvalue weighted by atomic mass is 9.78. The van der Waals surface area contributed by atoms with Crippen LogP contribution in [0.5, 0.6) is 0 Å². The third-order valence-corrected chi connectivity index (χ3v) is 5.68. The highest BCUT2D eigenvalue weighted by Gasteiger charge is 2.41. The summed E-state index contributed by atoms with van der Waals surface area (Å²) in [7, 11) is 0. The van der Waals surface area contributed by atoms with Crippen molar-refractivity contribution in [2.75, 3.05) is 0 Å². The van der Waals surface area contributed by atoms with Gasteiger partial charge >= 0.3 is 0 Å². The minimum Gasteiger partial charge on any atom is -0.349 e. The lowest BCUT2D eigenvalue weighted by Gasteiger charge is -2.50. The maximum absolute atomic E-state index is 6.11. The van der Waals surface area contributed by atoms with Gasteiger partial charge in [0.2, 0.25) is 0 Å². The zero-order chi connectivity index (χ0) is 20.6. The quantitative estimate of drug-likeness (QED) is 0.808. The molecule has 0 aliphatic carbocycles. The van der Waals surface area contributed by atoms with Crippen molar-refractivity contribution in [3.05, 3.63) is 41.9 Å². The molecule has 0 aromatic carbocycles. The molecule has 3 N–H and O–H groups in total. The molecule has 28 heavy (non-hydrogen) atoms. The van der Waals surface area contributed by atoms with Crippen LogP contribution in [-0.4, -0.2) is 38.9 Å². The van der Waals surface area contributed by atoms with Crippen molar-refractivity contribution < 1.29 is 0 Å². The van der Waals surface area contributed by atoms with Crippen molar-refractivity contribution in [3.8, 4) is 0 Å². The van der Waals surface area contributed by atoms with Crippen LogP contribution in [0.3, 0.4) is 0 Å². The number of hydrogen-bond acceptors (Lipinski definition) is 5. The summed E-state index contributed by atoms with van der Waals surface area (Å²) in [5.41, 5.74) is 8.47. The first-order chi connectivity index (χ1) is 12.9. The lowest BCUT2D eigenvalue weighted by Crippen LogP contribution is -2.62. The van der Waals surface area contributed by atoms with E-state index < -0.39 is 0 Å². The van der Waals surface area contributed by atoms with E-state index in [1.807, 2.05) is 18.7 Å². The van der Waals surface area contributed by atoms with Gasteiger partial charge in [-0.2, -0.15) is 0 Å². The van der Waals surface area contributed by atoms with E-state index in [2.05, 4.69) is 75.0 Å². The number of rotatable bonds is 5. The molecule has 0 spiro atoms. The van der Waals surface area contributed by atoms with E-state index in [0.717, 1.165) is 31.4 Å². The Bertz CT molecular complexity index is 708. The topological polar surface area (TPSA) is 66.5 Å². The second-order valence-corrected chi connectivity index (χ2v) is 10.5. The number of nitrogens with zero attached hydrogens (tertiary/aromatic N) is 3. The van der Waals surface area contributed by atoms with Crippen molar-refractivity contribution in [3.63, 3.8) is 0 Å². The number of aromatic nitrogens is 1. The molecule has 5 heteroatoms. The minimum atomic E-state index is -0.158. The predicted molar refractivity (Wildman–Crippen MR) is 117 cm³/mol. The third-order valence-electron chi connectivity index (χ3n) is 5.68. The number of aryl methyl sites for hydroxylation is 1. The van der Waals surface area contributed by atoms with Crippen LogP contribution in [0.15, 0.2) is 35.6 Å². The van der Waals surface area contributed by atoms with Crippen molar-refractivity contribution in [2.45, 2.75) is 95.9 Å². The largest absolute Gasteiger partial charge is 0.349 e. The Hall–Kier alpha value is -1.72. The second kappa shape index (κ2) is 7.60. The Balaban J connectivity index is 1.77. The van der Waals surface area contributed by atoms with Crippen LogP contribution in [0.4, 0.5) is 0 Å². The van der Waals surface area contributed by atoms with Crippen LogP contribution in [0.2, 0.25) is 0 Å².